The van der Waals surface area contributed by atoms with Crippen molar-refractivity contribution in [3.63, 3.8) is 0 Å². The zero-order chi connectivity index (χ0) is 17.1. The fourth-order valence-electron chi connectivity index (χ4n) is 2.76. The van der Waals surface area contributed by atoms with Gasteiger partial charge in [0.05, 0.1) is 16.1 Å². The van der Waals surface area contributed by atoms with Gasteiger partial charge in [-0.2, -0.15) is 0 Å². The van der Waals surface area contributed by atoms with Crippen molar-refractivity contribution < 1.29 is 9.09 Å². The number of hydrogen-bond donors (Lipinski definition) is 0. The van der Waals surface area contributed by atoms with Gasteiger partial charge in [0, 0.05) is 11.6 Å². The van der Waals surface area contributed by atoms with E-state index in [9.17, 15) is 4.57 Å². The second-order valence-electron chi connectivity index (χ2n) is 5.67. The Labute approximate surface area is 146 Å². The molecular formula is C21H16NO2P. The highest BCUT2D eigenvalue weighted by atomic mass is 31.2. The Bertz CT molecular complexity index is 1010. The van der Waals surface area contributed by atoms with Gasteiger partial charge >= 0.3 is 7.37 Å². The first-order valence-electron chi connectivity index (χ1n) is 8.01. The first-order chi connectivity index (χ1) is 12.3. The van der Waals surface area contributed by atoms with Crippen LogP contribution in [0.3, 0.4) is 0 Å². The Morgan fingerprint density at radius 1 is 0.720 bits per heavy atom. The van der Waals surface area contributed by atoms with Crippen LogP contribution in [-0.2, 0) is 4.57 Å². The van der Waals surface area contributed by atoms with Crippen molar-refractivity contribution in [2.24, 2.45) is 0 Å². The minimum atomic E-state index is -3.24. The van der Waals surface area contributed by atoms with Crippen molar-refractivity contribution in [3.8, 4) is 5.75 Å². The molecule has 0 unspecified atom stereocenters. The van der Waals surface area contributed by atoms with Crippen molar-refractivity contribution in [2.75, 3.05) is 0 Å². The van der Waals surface area contributed by atoms with Gasteiger partial charge in [-0.25, -0.2) is 0 Å². The molecule has 0 atom stereocenters. The van der Waals surface area contributed by atoms with E-state index in [4.69, 9.17) is 4.52 Å². The minimum Gasteiger partial charge on any atom is -0.437 e. The van der Waals surface area contributed by atoms with E-state index in [2.05, 4.69) is 4.98 Å². The Morgan fingerprint density at radius 3 is 2.00 bits per heavy atom. The zero-order valence-electron chi connectivity index (χ0n) is 13.4. The second-order valence-corrected chi connectivity index (χ2v) is 7.99. The molecule has 0 aliphatic heterocycles. The van der Waals surface area contributed by atoms with Gasteiger partial charge in [0.2, 0.25) is 0 Å². The Kier molecular flexibility index (Phi) is 4.09. The lowest BCUT2D eigenvalue weighted by atomic mass is 10.2. The molecule has 3 nitrogen and oxygen atoms in total. The molecular weight excluding hydrogens is 329 g/mol. The number of nitrogens with zero attached hydrogens (tertiary/aromatic N) is 1. The van der Waals surface area contributed by atoms with Crippen LogP contribution in [0.5, 0.6) is 5.75 Å². The number of aromatic nitrogens is 1. The monoisotopic (exact) mass is 345 g/mol. The summed E-state index contributed by atoms with van der Waals surface area (Å²) in [5.41, 5.74) is 0.879. The maximum absolute atomic E-state index is 13.9. The highest BCUT2D eigenvalue weighted by Crippen LogP contribution is 2.45. The van der Waals surface area contributed by atoms with Gasteiger partial charge in [-0.3, -0.25) is 9.55 Å². The summed E-state index contributed by atoms with van der Waals surface area (Å²) < 4.78 is 20.0. The van der Waals surface area contributed by atoms with Gasteiger partial charge < -0.3 is 4.52 Å². The van der Waals surface area contributed by atoms with Crippen LogP contribution in [0.4, 0.5) is 0 Å². The van der Waals surface area contributed by atoms with Crippen molar-refractivity contribution in [1.29, 1.82) is 0 Å². The van der Waals surface area contributed by atoms with Crippen molar-refractivity contribution in [3.05, 3.63) is 97.2 Å². The fourth-order valence-corrected chi connectivity index (χ4v) is 4.81. The van der Waals surface area contributed by atoms with Crippen LogP contribution in [0.2, 0.25) is 0 Å². The van der Waals surface area contributed by atoms with Gasteiger partial charge in [-0.15, -0.1) is 0 Å². The number of rotatable bonds is 4. The molecule has 0 saturated heterocycles. The summed E-state index contributed by atoms with van der Waals surface area (Å²) in [6.45, 7) is 0. The smallest absolute Gasteiger partial charge is 0.306 e. The second kappa shape index (κ2) is 6.54. The van der Waals surface area contributed by atoms with Gasteiger partial charge in [0.15, 0.2) is 0 Å². The Balaban J connectivity index is 1.82. The Hall–Kier alpha value is -2.90. The molecule has 0 N–H and O–H groups in total. The third kappa shape index (κ3) is 3.07. The summed E-state index contributed by atoms with van der Waals surface area (Å²) in [6, 6.07) is 28.1. The van der Waals surface area contributed by atoms with E-state index >= 15 is 0 Å². The van der Waals surface area contributed by atoms with Gasteiger partial charge in [-0.1, -0.05) is 42.5 Å². The van der Waals surface area contributed by atoms with E-state index in [1.54, 1.807) is 6.20 Å². The van der Waals surface area contributed by atoms with Crippen molar-refractivity contribution in [2.45, 2.75) is 0 Å². The molecule has 122 valence electrons. The maximum Gasteiger partial charge on any atom is 0.306 e. The molecule has 4 rings (SSSR count). The molecule has 25 heavy (non-hydrogen) atoms. The van der Waals surface area contributed by atoms with Gasteiger partial charge in [-0.05, 0) is 48.5 Å². The van der Waals surface area contributed by atoms with E-state index in [0.717, 1.165) is 10.9 Å². The average molecular weight is 345 g/mol. The summed E-state index contributed by atoms with van der Waals surface area (Å²) in [6.07, 6.45) is 1.75. The maximum atomic E-state index is 13.9. The predicted octanol–water partition coefficient (Wildman–Crippen LogP) is 4.54. The molecule has 1 aromatic heterocycles. The van der Waals surface area contributed by atoms with Crippen LogP contribution in [0.1, 0.15) is 0 Å². The molecule has 3 aromatic carbocycles. The van der Waals surface area contributed by atoms with Crippen LogP contribution >= 0.6 is 7.37 Å². The summed E-state index contributed by atoms with van der Waals surface area (Å²) in [4.78, 5) is 4.31. The highest BCUT2D eigenvalue weighted by Gasteiger charge is 2.29. The molecule has 1 heterocycles. The first kappa shape index (κ1) is 15.6. The van der Waals surface area contributed by atoms with Gasteiger partial charge in [0.25, 0.3) is 0 Å². The number of fused-ring (bicyclic) bond motifs is 1. The summed E-state index contributed by atoms with van der Waals surface area (Å²) in [7, 11) is -3.24. The molecule has 0 radical (unpaired) electrons. The van der Waals surface area contributed by atoms with Gasteiger partial charge in [0.1, 0.15) is 5.75 Å². The molecule has 0 amide bonds. The normalized spacial score (nSPS) is 11.4. The molecule has 0 bridgehead atoms. The minimum absolute atomic E-state index is 0.566. The van der Waals surface area contributed by atoms with Crippen LogP contribution in [0.15, 0.2) is 97.2 Å². The summed E-state index contributed by atoms with van der Waals surface area (Å²) >= 11 is 0. The third-order valence-electron chi connectivity index (χ3n) is 4.00. The van der Waals surface area contributed by atoms with Crippen LogP contribution < -0.4 is 15.1 Å². The quantitative estimate of drug-likeness (QED) is 0.510. The standard InChI is InChI=1S/C21H16NO2P/c23-25(19-9-3-1-4-10-19,20-11-5-2-6-12-20)24-18-13-14-21-17(16-18)8-7-15-22-21/h1-16H. The molecule has 0 fully saturated rings. The SMILES string of the molecule is O=P(Oc1ccc2ncccc2c1)(c1ccccc1)c1ccccc1. The van der Waals surface area contributed by atoms with E-state index in [-0.39, 0.29) is 0 Å². The first-order valence-corrected chi connectivity index (χ1v) is 9.64. The largest absolute Gasteiger partial charge is 0.437 e. The zero-order valence-corrected chi connectivity index (χ0v) is 14.3. The molecule has 4 aromatic rings. The average Bonchev–Trinajstić information content (AvgIpc) is 2.69. The van der Waals surface area contributed by atoms with Crippen LogP contribution in [-0.4, -0.2) is 4.98 Å². The van der Waals surface area contributed by atoms with E-state index < -0.39 is 7.37 Å². The van der Waals surface area contributed by atoms with Crippen molar-refractivity contribution in [1.82, 2.24) is 4.98 Å². The molecule has 0 saturated carbocycles. The lowest BCUT2D eigenvalue weighted by Gasteiger charge is -2.20. The summed E-state index contributed by atoms with van der Waals surface area (Å²) in [5, 5.41) is 2.30. The number of benzene rings is 3. The lowest BCUT2D eigenvalue weighted by molar-refractivity contribution is 0.503. The van der Waals surface area contributed by atoms with E-state index in [1.807, 2.05) is 91.0 Å². The van der Waals surface area contributed by atoms with Crippen molar-refractivity contribution >= 4 is 28.9 Å². The Morgan fingerprint density at radius 2 is 1.36 bits per heavy atom. The third-order valence-corrected chi connectivity index (χ3v) is 6.42. The number of pyridine rings is 1. The van der Waals surface area contributed by atoms with Crippen LogP contribution in [0, 0.1) is 0 Å². The molecule has 0 spiro atoms. The molecule has 0 aliphatic rings. The van der Waals surface area contributed by atoms with E-state index in [0.29, 0.717) is 16.4 Å². The fraction of sp³-hybridized carbons (Fsp3) is 0. The number of hydrogen-bond acceptors (Lipinski definition) is 3. The van der Waals surface area contributed by atoms with Crippen LogP contribution in [0.25, 0.3) is 10.9 Å². The molecule has 4 heteroatoms. The molecule has 0 aliphatic carbocycles. The van der Waals surface area contributed by atoms with E-state index in [1.165, 1.54) is 0 Å². The highest BCUT2D eigenvalue weighted by molar-refractivity contribution is 7.74. The topological polar surface area (TPSA) is 39.2 Å². The predicted molar refractivity (Wildman–Crippen MR) is 102 cm³/mol. The lowest BCUT2D eigenvalue weighted by Crippen LogP contribution is -2.20. The summed E-state index contributed by atoms with van der Waals surface area (Å²) in [5.74, 6) is 0.566.